The van der Waals surface area contributed by atoms with Crippen molar-refractivity contribution in [3.05, 3.63) is 71.1 Å². The Hall–Kier alpha value is -2.86. The number of rotatable bonds is 4. The van der Waals surface area contributed by atoms with Gasteiger partial charge in [-0.2, -0.15) is 0 Å². The van der Waals surface area contributed by atoms with Gasteiger partial charge in [0.2, 0.25) is 0 Å². The molecule has 134 valence electrons. The summed E-state index contributed by atoms with van der Waals surface area (Å²) in [4.78, 5) is 34.9. The number of ketones is 2. The summed E-state index contributed by atoms with van der Waals surface area (Å²) in [7, 11) is 0. The molecule has 0 saturated carbocycles. The van der Waals surface area contributed by atoms with Gasteiger partial charge in [-0.25, -0.2) is 4.79 Å². The molecular formula is C17H18N4NiO3. The first-order valence-electron chi connectivity index (χ1n) is 7.24. The molecule has 4 N–H and O–H groups in total. The minimum atomic E-state index is -0.582. The second kappa shape index (κ2) is 9.44. The molecule has 2 aliphatic rings. The van der Waals surface area contributed by atoms with E-state index >= 15 is 0 Å². The quantitative estimate of drug-likeness (QED) is 0.332. The van der Waals surface area contributed by atoms with Crippen molar-refractivity contribution in [2.75, 3.05) is 0 Å². The minimum Gasteiger partial charge on any atom is -0.304 e. The number of carbonyl (C=O) groups is 3. The van der Waals surface area contributed by atoms with Gasteiger partial charge in [0.25, 0.3) is 0 Å². The maximum atomic E-state index is 11.7. The van der Waals surface area contributed by atoms with Crippen LogP contribution < -0.4 is 21.7 Å². The van der Waals surface area contributed by atoms with Gasteiger partial charge in [0.05, 0.1) is 0 Å². The van der Waals surface area contributed by atoms with Crippen LogP contribution >= 0.6 is 0 Å². The molecule has 0 bridgehead atoms. The Morgan fingerprint density at radius 1 is 0.800 bits per heavy atom. The molecule has 0 radical (unpaired) electrons. The van der Waals surface area contributed by atoms with Crippen LogP contribution in [0.2, 0.25) is 0 Å². The molecule has 0 saturated heterocycles. The fourth-order valence-electron chi connectivity index (χ4n) is 1.91. The van der Waals surface area contributed by atoms with Crippen LogP contribution in [0.1, 0.15) is 13.8 Å². The van der Waals surface area contributed by atoms with Crippen molar-refractivity contribution >= 4 is 17.6 Å². The van der Waals surface area contributed by atoms with E-state index in [9.17, 15) is 14.4 Å². The Labute approximate surface area is 155 Å². The Morgan fingerprint density at radius 3 is 1.56 bits per heavy atom. The van der Waals surface area contributed by atoms with Crippen LogP contribution in [0.25, 0.3) is 0 Å². The molecule has 0 aromatic heterocycles. The molecule has 0 atom stereocenters. The van der Waals surface area contributed by atoms with E-state index < -0.39 is 6.03 Å². The SMILES string of the molecule is CC1=CC(=O)/C(=C\NNC(=O)NN/C=C2/C=CC(C)=CC2=O)C=C1.[Ni]. The molecule has 25 heavy (non-hydrogen) atoms. The predicted molar refractivity (Wildman–Crippen MR) is 89.9 cm³/mol. The summed E-state index contributed by atoms with van der Waals surface area (Å²) in [6.45, 7) is 3.65. The summed E-state index contributed by atoms with van der Waals surface area (Å²) >= 11 is 0. The normalized spacial score (nSPS) is 19.1. The number of urea groups is 1. The fourth-order valence-corrected chi connectivity index (χ4v) is 1.91. The maximum absolute atomic E-state index is 11.7. The molecule has 0 aliphatic heterocycles. The summed E-state index contributed by atoms with van der Waals surface area (Å²) in [5, 5.41) is 0. The van der Waals surface area contributed by atoms with Crippen LogP contribution in [0.4, 0.5) is 4.79 Å². The van der Waals surface area contributed by atoms with E-state index in [4.69, 9.17) is 0 Å². The third kappa shape index (κ3) is 6.27. The maximum Gasteiger partial charge on any atom is 0.351 e. The number of allylic oxidation sites excluding steroid dienone is 10. The Morgan fingerprint density at radius 2 is 1.20 bits per heavy atom. The molecule has 2 rings (SSSR count). The second-order valence-corrected chi connectivity index (χ2v) is 5.24. The van der Waals surface area contributed by atoms with Gasteiger partial charge in [-0.15, -0.1) is 0 Å². The van der Waals surface area contributed by atoms with Crippen molar-refractivity contribution in [3.63, 3.8) is 0 Å². The number of hydrogen-bond donors (Lipinski definition) is 4. The van der Waals surface area contributed by atoms with Gasteiger partial charge in [-0.3, -0.25) is 20.4 Å². The van der Waals surface area contributed by atoms with Gasteiger partial charge in [-0.05, 0) is 49.3 Å². The summed E-state index contributed by atoms with van der Waals surface area (Å²) in [6.07, 6.45) is 12.7. The molecule has 0 spiro atoms. The zero-order valence-electron chi connectivity index (χ0n) is 13.7. The number of hydrogen-bond acceptors (Lipinski definition) is 5. The zero-order chi connectivity index (χ0) is 17.5. The van der Waals surface area contributed by atoms with E-state index in [1.165, 1.54) is 24.6 Å². The summed E-state index contributed by atoms with van der Waals surface area (Å²) in [6, 6.07) is -0.582. The van der Waals surface area contributed by atoms with Gasteiger partial charge >= 0.3 is 6.03 Å². The van der Waals surface area contributed by atoms with Crippen LogP contribution in [0.5, 0.6) is 0 Å². The van der Waals surface area contributed by atoms with Crippen molar-refractivity contribution in [1.82, 2.24) is 21.7 Å². The Bertz CT molecular complexity index is 696. The molecule has 0 fully saturated rings. The zero-order valence-corrected chi connectivity index (χ0v) is 14.6. The molecule has 7 nitrogen and oxygen atoms in total. The first-order valence-corrected chi connectivity index (χ1v) is 7.24. The van der Waals surface area contributed by atoms with Crippen molar-refractivity contribution in [3.8, 4) is 0 Å². The van der Waals surface area contributed by atoms with Gasteiger partial charge in [0, 0.05) is 40.0 Å². The Kier molecular flexibility index (Phi) is 7.62. The molecular weight excluding hydrogens is 367 g/mol. The van der Waals surface area contributed by atoms with Crippen molar-refractivity contribution in [1.29, 1.82) is 0 Å². The first kappa shape index (κ1) is 20.2. The van der Waals surface area contributed by atoms with E-state index in [1.54, 1.807) is 24.3 Å². The molecule has 8 heteroatoms. The summed E-state index contributed by atoms with van der Waals surface area (Å²) < 4.78 is 0. The van der Waals surface area contributed by atoms with Gasteiger partial charge in [0.1, 0.15) is 0 Å². The molecule has 0 unspecified atom stereocenters. The molecule has 0 aromatic carbocycles. The topological polar surface area (TPSA) is 99.3 Å². The van der Waals surface area contributed by atoms with Crippen LogP contribution in [0.15, 0.2) is 71.1 Å². The first-order chi connectivity index (χ1) is 11.5. The monoisotopic (exact) mass is 384 g/mol. The Balaban J connectivity index is 0.00000312. The van der Waals surface area contributed by atoms with Crippen molar-refractivity contribution in [2.45, 2.75) is 13.8 Å². The fraction of sp³-hybridized carbons (Fsp3) is 0.118. The predicted octanol–water partition coefficient (Wildman–Crippen LogP) is 1.23. The van der Waals surface area contributed by atoms with Crippen LogP contribution in [-0.2, 0) is 26.1 Å². The van der Waals surface area contributed by atoms with Crippen LogP contribution in [-0.4, -0.2) is 17.6 Å². The van der Waals surface area contributed by atoms with Crippen molar-refractivity contribution < 1.29 is 30.9 Å². The second-order valence-electron chi connectivity index (χ2n) is 5.24. The van der Waals surface area contributed by atoms with Crippen LogP contribution in [0, 0.1) is 0 Å². The number of carbonyl (C=O) groups excluding carboxylic acids is 3. The largest absolute Gasteiger partial charge is 0.351 e. The standard InChI is InChI=1S/C17H18N4O3.Ni/c1-11-3-5-13(15(22)7-11)9-18-20-17(24)21-19-10-14-6-4-12(2)8-16(14)23;/h3-10,18-19H,1-2H3,(H2,20,21,24);/b13-9-,14-10-;. The molecule has 2 aliphatic carbocycles. The van der Waals surface area contributed by atoms with E-state index in [0.717, 1.165) is 11.1 Å². The molecule has 0 aromatic rings. The number of hydrazine groups is 2. The summed E-state index contributed by atoms with van der Waals surface area (Å²) in [5.41, 5.74) is 12.3. The van der Waals surface area contributed by atoms with Gasteiger partial charge in [0.15, 0.2) is 11.6 Å². The van der Waals surface area contributed by atoms with E-state index in [-0.39, 0.29) is 28.1 Å². The third-order valence-corrected chi connectivity index (χ3v) is 3.16. The molecule has 2 amide bonds. The summed E-state index contributed by atoms with van der Waals surface area (Å²) in [5.74, 6) is -0.281. The minimum absolute atomic E-state index is 0. The van der Waals surface area contributed by atoms with E-state index in [2.05, 4.69) is 21.7 Å². The average Bonchev–Trinajstić information content (AvgIpc) is 2.51. The smallest absolute Gasteiger partial charge is 0.304 e. The van der Waals surface area contributed by atoms with Crippen molar-refractivity contribution in [2.24, 2.45) is 0 Å². The average molecular weight is 385 g/mol. The van der Waals surface area contributed by atoms with E-state index in [0.29, 0.717) is 11.1 Å². The number of amides is 2. The van der Waals surface area contributed by atoms with Crippen LogP contribution in [0.3, 0.4) is 0 Å². The van der Waals surface area contributed by atoms with Gasteiger partial charge in [-0.1, -0.05) is 12.2 Å². The molecule has 0 heterocycles. The van der Waals surface area contributed by atoms with E-state index in [1.807, 2.05) is 13.8 Å². The van der Waals surface area contributed by atoms with Gasteiger partial charge < -0.3 is 10.9 Å². The third-order valence-electron chi connectivity index (χ3n) is 3.16. The number of nitrogens with one attached hydrogen (secondary N) is 4.